The Morgan fingerprint density at radius 1 is 1.13 bits per heavy atom. The highest BCUT2D eigenvalue weighted by atomic mass is 16.6. The minimum Gasteiger partial charge on any atom is -0.467 e. The van der Waals surface area contributed by atoms with Crippen molar-refractivity contribution in [2.75, 3.05) is 20.3 Å². The molecule has 0 radical (unpaired) electrons. The largest absolute Gasteiger partial charge is 0.467 e. The Balaban J connectivity index is 1.86. The first-order chi connectivity index (χ1) is 14.1. The Bertz CT molecular complexity index is 801. The molecule has 2 amide bonds. The van der Waals surface area contributed by atoms with E-state index < -0.39 is 42.2 Å². The number of benzene rings is 1. The monoisotopic (exact) mass is 420 g/mol. The van der Waals surface area contributed by atoms with Gasteiger partial charge in [0.1, 0.15) is 11.6 Å². The number of carbonyl (C=O) groups excluding carboxylic acids is 4. The lowest BCUT2D eigenvalue weighted by molar-refractivity contribution is -0.159. The van der Waals surface area contributed by atoms with Gasteiger partial charge in [0.25, 0.3) is 5.91 Å². The van der Waals surface area contributed by atoms with Gasteiger partial charge in [0.15, 0.2) is 6.61 Å². The van der Waals surface area contributed by atoms with Crippen LogP contribution >= 0.6 is 0 Å². The van der Waals surface area contributed by atoms with Gasteiger partial charge < -0.3 is 24.4 Å². The molecule has 0 unspecified atom stereocenters. The average molecular weight is 420 g/mol. The van der Waals surface area contributed by atoms with E-state index in [0.717, 1.165) is 11.1 Å². The molecule has 1 heterocycles. The Hall–Kier alpha value is -3.10. The summed E-state index contributed by atoms with van der Waals surface area (Å²) in [6.45, 7) is 4.93. The van der Waals surface area contributed by atoms with Crippen LogP contribution in [-0.2, 0) is 41.6 Å². The molecule has 0 aromatic heterocycles. The quantitative estimate of drug-likeness (QED) is 0.549. The van der Waals surface area contributed by atoms with Crippen LogP contribution in [0.3, 0.4) is 0 Å². The Morgan fingerprint density at radius 2 is 1.80 bits per heavy atom. The van der Waals surface area contributed by atoms with Gasteiger partial charge in [0, 0.05) is 19.5 Å². The number of hydrogen-bond donors (Lipinski definition) is 1. The lowest BCUT2D eigenvalue weighted by Crippen LogP contribution is -2.50. The molecular formula is C21H28N2O7. The predicted molar refractivity (Wildman–Crippen MR) is 106 cm³/mol. The maximum Gasteiger partial charge on any atom is 0.407 e. The number of alkyl carbamates (subject to hydrolysis) is 1. The van der Waals surface area contributed by atoms with Crippen LogP contribution < -0.4 is 5.32 Å². The Labute approximate surface area is 175 Å². The van der Waals surface area contributed by atoms with Crippen LogP contribution in [0.15, 0.2) is 24.3 Å². The second kappa shape index (κ2) is 10.1. The standard InChI is InChI=1S/C21H28N2O7/c1-21(2,3)30-20(27)22-10-9-18(25)29-13-17(24)23-12-15-8-6-5-7-14(15)11-16(23)19(26)28-4/h5-8,16H,9-13H2,1-4H3,(H,22,27)/t16-/m1/s1. The number of methoxy groups -OCH3 is 1. The summed E-state index contributed by atoms with van der Waals surface area (Å²) in [5.74, 6) is -1.66. The molecule has 0 bridgehead atoms. The number of esters is 2. The Kier molecular flexibility index (Phi) is 7.79. The normalized spacial score (nSPS) is 15.6. The van der Waals surface area contributed by atoms with E-state index in [0.29, 0.717) is 6.42 Å². The summed E-state index contributed by atoms with van der Waals surface area (Å²) in [6, 6.07) is 6.75. The molecule has 9 heteroatoms. The molecule has 0 aliphatic carbocycles. The molecule has 2 rings (SSSR count). The fourth-order valence-corrected chi connectivity index (χ4v) is 3.01. The third kappa shape index (κ3) is 6.75. The fraction of sp³-hybridized carbons (Fsp3) is 0.524. The second-order valence-corrected chi connectivity index (χ2v) is 7.87. The number of amides is 2. The van der Waals surface area contributed by atoms with Gasteiger partial charge in [0.05, 0.1) is 13.5 Å². The minimum absolute atomic E-state index is 0.0177. The Morgan fingerprint density at radius 3 is 2.43 bits per heavy atom. The van der Waals surface area contributed by atoms with Crippen LogP contribution in [-0.4, -0.2) is 60.7 Å². The predicted octanol–water partition coefficient (Wildman–Crippen LogP) is 1.57. The molecule has 0 spiro atoms. The van der Waals surface area contributed by atoms with E-state index >= 15 is 0 Å². The maximum atomic E-state index is 12.6. The van der Waals surface area contributed by atoms with Crippen LogP contribution in [0.5, 0.6) is 0 Å². The number of ether oxygens (including phenoxy) is 3. The van der Waals surface area contributed by atoms with Crippen LogP contribution in [0, 0.1) is 0 Å². The minimum atomic E-state index is -0.773. The van der Waals surface area contributed by atoms with E-state index in [1.807, 2.05) is 24.3 Å². The highest BCUT2D eigenvalue weighted by Gasteiger charge is 2.35. The zero-order valence-electron chi connectivity index (χ0n) is 17.7. The number of carbonyl (C=O) groups is 4. The van der Waals surface area contributed by atoms with Gasteiger partial charge >= 0.3 is 18.0 Å². The van der Waals surface area contributed by atoms with Crippen molar-refractivity contribution in [2.45, 2.75) is 51.8 Å². The molecule has 1 atom stereocenters. The first-order valence-electron chi connectivity index (χ1n) is 9.67. The lowest BCUT2D eigenvalue weighted by atomic mass is 9.94. The van der Waals surface area contributed by atoms with Gasteiger partial charge in [0.2, 0.25) is 0 Å². The molecule has 1 aromatic rings. The maximum absolute atomic E-state index is 12.6. The highest BCUT2D eigenvalue weighted by molar-refractivity contribution is 5.87. The van der Waals surface area contributed by atoms with Crippen molar-refractivity contribution in [1.82, 2.24) is 10.2 Å². The van der Waals surface area contributed by atoms with E-state index in [1.54, 1.807) is 20.8 Å². The van der Waals surface area contributed by atoms with E-state index in [4.69, 9.17) is 14.2 Å². The van der Waals surface area contributed by atoms with Crippen molar-refractivity contribution in [3.63, 3.8) is 0 Å². The highest BCUT2D eigenvalue weighted by Crippen LogP contribution is 2.24. The third-order valence-corrected chi connectivity index (χ3v) is 4.40. The summed E-state index contributed by atoms with van der Waals surface area (Å²) >= 11 is 0. The summed E-state index contributed by atoms with van der Waals surface area (Å²) in [5.41, 5.74) is 1.27. The van der Waals surface area contributed by atoms with Crippen molar-refractivity contribution in [1.29, 1.82) is 0 Å². The molecule has 164 valence electrons. The smallest absolute Gasteiger partial charge is 0.407 e. The SMILES string of the molecule is COC(=O)[C@H]1Cc2ccccc2CN1C(=O)COC(=O)CCNC(=O)OC(C)(C)C. The van der Waals surface area contributed by atoms with Crippen molar-refractivity contribution in [2.24, 2.45) is 0 Å². The lowest BCUT2D eigenvalue weighted by Gasteiger charge is -2.35. The van der Waals surface area contributed by atoms with Crippen molar-refractivity contribution >= 4 is 23.9 Å². The number of nitrogens with one attached hydrogen (secondary N) is 1. The van der Waals surface area contributed by atoms with Crippen molar-refractivity contribution < 1.29 is 33.4 Å². The van der Waals surface area contributed by atoms with E-state index in [9.17, 15) is 19.2 Å². The zero-order chi connectivity index (χ0) is 22.3. The van der Waals surface area contributed by atoms with Gasteiger partial charge in [-0.05, 0) is 31.9 Å². The summed E-state index contributed by atoms with van der Waals surface area (Å²) in [5, 5.41) is 2.44. The molecular weight excluding hydrogens is 392 g/mol. The first-order valence-corrected chi connectivity index (χ1v) is 9.67. The zero-order valence-corrected chi connectivity index (χ0v) is 17.7. The molecule has 0 saturated heterocycles. The molecule has 0 saturated carbocycles. The number of rotatable bonds is 6. The molecule has 9 nitrogen and oxygen atoms in total. The topological polar surface area (TPSA) is 111 Å². The van der Waals surface area contributed by atoms with Gasteiger partial charge in [-0.15, -0.1) is 0 Å². The molecule has 1 N–H and O–H groups in total. The molecule has 30 heavy (non-hydrogen) atoms. The summed E-state index contributed by atoms with van der Waals surface area (Å²) in [7, 11) is 1.27. The average Bonchev–Trinajstić information content (AvgIpc) is 2.69. The van der Waals surface area contributed by atoms with Crippen molar-refractivity contribution in [3.05, 3.63) is 35.4 Å². The second-order valence-electron chi connectivity index (χ2n) is 7.87. The van der Waals surface area contributed by atoms with Gasteiger partial charge in [-0.1, -0.05) is 24.3 Å². The van der Waals surface area contributed by atoms with Crippen LogP contribution in [0.1, 0.15) is 38.3 Å². The van der Waals surface area contributed by atoms with E-state index in [-0.39, 0.29) is 19.5 Å². The van der Waals surface area contributed by atoms with Crippen molar-refractivity contribution in [3.8, 4) is 0 Å². The summed E-state index contributed by atoms with van der Waals surface area (Å²) in [4.78, 5) is 49.6. The summed E-state index contributed by atoms with van der Waals surface area (Å²) in [6.07, 6.45) is -0.419. The number of nitrogens with zero attached hydrogens (tertiary/aromatic N) is 1. The number of hydrogen-bond acceptors (Lipinski definition) is 7. The van der Waals surface area contributed by atoms with Gasteiger partial charge in [-0.25, -0.2) is 9.59 Å². The van der Waals surface area contributed by atoms with E-state index in [1.165, 1.54) is 12.0 Å². The first kappa shape index (κ1) is 23.2. The van der Waals surface area contributed by atoms with Crippen LogP contribution in [0.4, 0.5) is 4.79 Å². The van der Waals surface area contributed by atoms with Crippen LogP contribution in [0.25, 0.3) is 0 Å². The molecule has 1 aliphatic heterocycles. The fourth-order valence-electron chi connectivity index (χ4n) is 3.01. The molecule has 0 fully saturated rings. The summed E-state index contributed by atoms with van der Waals surface area (Å²) < 4.78 is 14.9. The molecule has 1 aliphatic rings. The third-order valence-electron chi connectivity index (χ3n) is 4.40. The van der Waals surface area contributed by atoms with Crippen LogP contribution in [0.2, 0.25) is 0 Å². The van der Waals surface area contributed by atoms with Gasteiger partial charge in [-0.2, -0.15) is 0 Å². The van der Waals surface area contributed by atoms with E-state index in [2.05, 4.69) is 5.32 Å². The molecule has 1 aromatic carbocycles. The number of fused-ring (bicyclic) bond motifs is 1. The van der Waals surface area contributed by atoms with Gasteiger partial charge in [-0.3, -0.25) is 9.59 Å².